The number of fused-ring (bicyclic) bond motifs is 6. The number of ketones is 2. The topological polar surface area (TPSA) is 52.2 Å². The monoisotopic (exact) mass is 533 g/mol. The first-order valence-electron chi connectivity index (χ1n) is 10.5. The molecule has 0 bridgehead atoms. The maximum atomic E-state index is 12.8. The molecule has 32 heavy (non-hydrogen) atoms. The molecule has 0 saturated carbocycles. The van der Waals surface area contributed by atoms with Crippen LogP contribution in [0.4, 0.5) is 0 Å². The summed E-state index contributed by atoms with van der Waals surface area (Å²) in [5, 5.41) is 2.38. The molecule has 1 aliphatic carbocycles. The van der Waals surface area contributed by atoms with Crippen molar-refractivity contribution in [2.75, 3.05) is 0 Å². The molecule has 7 rings (SSSR count). The van der Waals surface area contributed by atoms with Gasteiger partial charge in [-0.2, -0.15) is 0 Å². The molecule has 0 unspecified atom stereocenters. The molecule has 0 N–H and O–H groups in total. The molecule has 2 aliphatic rings. The predicted molar refractivity (Wildman–Crippen MR) is 125 cm³/mol. The summed E-state index contributed by atoms with van der Waals surface area (Å²) in [5.41, 5.74) is 5.63. The molecule has 2 aromatic carbocycles. The predicted octanol–water partition coefficient (Wildman–Crippen LogP) is 5.54. The molecule has 4 nitrogen and oxygen atoms in total. The van der Waals surface area contributed by atoms with Gasteiger partial charge in [0.25, 0.3) is 0 Å². The molecule has 1 aliphatic heterocycles. The van der Waals surface area contributed by atoms with Crippen molar-refractivity contribution in [2.24, 2.45) is 0 Å². The molecule has 0 amide bonds. The van der Waals surface area contributed by atoms with Gasteiger partial charge in [-0.3, -0.25) is 0 Å². The molecule has 5 heteroatoms. The number of benzene rings is 2. The van der Waals surface area contributed by atoms with E-state index < -0.39 is 20.4 Å². The average molecular weight is 531 g/mol. The quantitative estimate of drug-likeness (QED) is 0.162. The van der Waals surface area contributed by atoms with Crippen LogP contribution in [0.3, 0.4) is 0 Å². The Bertz CT molecular complexity index is 1660. The average Bonchev–Trinajstić information content (AvgIpc) is 3.54. The van der Waals surface area contributed by atoms with Crippen LogP contribution in [0.25, 0.3) is 33.8 Å². The van der Waals surface area contributed by atoms with Crippen LogP contribution in [0.2, 0.25) is 0 Å². The number of carbonyl (C=O) groups is 2. The summed E-state index contributed by atoms with van der Waals surface area (Å²) < 4.78 is 12.5. The van der Waals surface area contributed by atoms with E-state index in [1.54, 1.807) is 6.08 Å². The van der Waals surface area contributed by atoms with Crippen molar-refractivity contribution >= 4 is 59.9 Å². The fraction of sp³-hybridized carbons (Fsp3) is 0.111. The molecular weight excluding hydrogens is 514 g/mol. The van der Waals surface area contributed by atoms with Crippen LogP contribution in [0, 0.1) is 0 Å². The zero-order valence-electron chi connectivity index (χ0n) is 17.4. The van der Waals surface area contributed by atoms with Crippen molar-refractivity contribution in [3.05, 3.63) is 90.3 Å². The van der Waals surface area contributed by atoms with E-state index in [1.807, 2.05) is 20.3 Å². The third-order valence-corrected chi connectivity index (χ3v) is 9.03. The number of hydrogen-bond donors (Lipinski definition) is 0. The van der Waals surface area contributed by atoms with Gasteiger partial charge >= 0.3 is 188 Å². The fourth-order valence-corrected chi connectivity index (χ4v) is 7.59. The number of rotatable bonds is 1. The Hall–Kier alpha value is -3.13. The SMILES string of the molecule is CC1(C)c2cc(C=C3C(=O)c4c[te]cc4C3=O)oc2-n2c3ccccc3c3cccc1c32. The van der Waals surface area contributed by atoms with E-state index in [1.165, 1.54) is 16.3 Å². The summed E-state index contributed by atoms with van der Waals surface area (Å²) in [6.45, 7) is 4.40. The zero-order valence-corrected chi connectivity index (χ0v) is 19.8. The van der Waals surface area contributed by atoms with E-state index in [9.17, 15) is 9.59 Å². The van der Waals surface area contributed by atoms with E-state index in [0.717, 1.165) is 22.5 Å². The first-order valence-corrected chi connectivity index (χ1v) is 13.2. The number of hydrogen-bond acceptors (Lipinski definition) is 3. The number of Topliss-reactive ketones (excluding diaryl/α,β-unsaturated/α-hetero) is 2. The number of carbonyl (C=O) groups excluding carboxylic acids is 2. The standard InChI is InChI=1S/C27H17NO3Te/c1-27(2)20-8-5-7-16-15-6-3-4-9-22(15)28(23(16)20)26-21(27)11-14(31-26)10-17-24(29)18-12-32-13-19(18)25(17)30/h3-13H,1-2H3. The van der Waals surface area contributed by atoms with Crippen molar-refractivity contribution in [1.29, 1.82) is 0 Å². The van der Waals surface area contributed by atoms with E-state index >= 15 is 0 Å². The normalized spacial score (nSPS) is 16.1. The fourth-order valence-electron chi connectivity index (χ4n) is 5.28. The van der Waals surface area contributed by atoms with Crippen molar-refractivity contribution in [1.82, 2.24) is 4.57 Å². The molecule has 154 valence electrons. The van der Waals surface area contributed by atoms with Crippen LogP contribution >= 0.6 is 0 Å². The van der Waals surface area contributed by atoms with E-state index in [0.29, 0.717) is 16.9 Å². The van der Waals surface area contributed by atoms with Gasteiger partial charge in [-0.15, -0.1) is 0 Å². The van der Waals surface area contributed by atoms with Crippen molar-refractivity contribution in [3.63, 3.8) is 0 Å². The van der Waals surface area contributed by atoms with Crippen molar-refractivity contribution in [3.8, 4) is 5.88 Å². The van der Waals surface area contributed by atoms with Gasteiger partial charge in [0.05, 0.1) is 0 Å². The summed E-state index contributed by atoms with van der Waals surface area (Å²) in [5.74, 6) is 0.954. The Kier molecular flexibility index (Phi) is 3.46. The molecular formula is C27H17NO3Te. The van der Waals surface area contributed by atoms with Gasteiger partial charge in [-0.05, 0) is 0 Å². The van der Waals surface area contributed by atoms with Gasteiger partial charge < -0.3 is 0 Å². The molecule has 3 aromatic heterocycles. The molecule has 0 saturated heterocycles. The van der Waals surface area contributed by atoms with Gasteiger partial charge in [0, 0.05) is 0 Å². The Labute approximate surface area is 193 Å². The Morgan fingerprint density at radius 2 is 1.62 bits per heavy atom. The summed E-state index contributed by atoms with van der Waals surface area (Å²) in [6, 6.07) is 16.8. The number of para-hydroxylation sites is 2. The summed E-state index contributed by atoms with van der Waals surface area (Å²) in [6.07, 6.45) is 1.63. The van der Waals surface area contributed by atoms with Crippen LogP contribution in [-0.2, 0) is 5.41 Å². The van der Waals surface area contributed by atoms with E-state index in [-0.39, 0.29) is 22.6 Å². The Morgan fingerprint density at radius 3 is 2.41 bits per heavy atom. The number of allylic oxidation sites excluding steroid dienone is 1. The summed E-state index contributed by atoms with van der Waals surface area (Å²) in [7, 11) is 0. The Balaban J connectivity index is 1.51. The maximum absolute atomic E-state index is 12.8. The van der Waals surface area contributed by atoms with Crippen LogP contribution in [0.15, 0.2) is 66.7 Å². The zero-order chi connectivity index (χ0) is 21.8. The number of nitrogens with zero attached hydrogens (tertiary/aromatic N) is 1. The second kappa shape index (κ2) is 6.01. The third-order valence-electron chi connectivity index (χ3n) is 6.90. The van der Waals surface area contributed by atoms with Crippen molar-refractivity contribution in [2.45, 2.75) is 19.3 Å². The van der Waals surface area contributed by atoms with E-state index in [4.69, 9.17) is 4.42 Å². The second-order valence-corrected chi connectivity index (χ2v) is 11.1. The molecule has 0 spiro atoms. The minimum absolute atomic E-state index is 0.172. The van der Waals surface area contributed by atoms with Gasteiger partial charge in [0.1, 0.15) is 0 Å². The molecule has 4 heterocycles. The third kappa shape index (κ3) is 2.13. The minimum atomic E-state index is -0.492. The van der Waals surface area contributed by atoms with Crippen molar-refractivity contribution < 1.29 is 14.0 Å². The number of aromatic nitrogens is 1. The second-order valence-electron chi connectivity index (χ2n) is 8.96. The van der Waals surface area contributed by atoms with Crippen LogP contribution in [0.5, 0.6) is 0 Å². The van der Waals surface area contributed by atoms with Gasteiger partial charge in [-0.1, -0.05) is 6.07 Å². The first kappa shape index (κ1) is 18.4. The molecule has 5 aromatic rings. The molecule has 0 fully saturated rings. The first-order chi connectivity index (χ1) is 15.5. The summed E-state index contributed by atoms with van der Waals surface area (Å²) in [4.78, 5) is 25.6. The van der Waals surface area contributed by atoms with Gasteiger partial charge in [-0.25, -0.2) is 0 Å². The van der Waals surface area contributed by atoms with Crippen LogP contribution < -0.4 is 0 Å². The van der Waals surface area contributed by atoms with Gasteiger partial charge in [0.2, 0.25) is 0 Å². The molecule has 0 atom stereocenters. The van der Waals surface area contributed by atoms with Gasteiger partial charge in [0.15, 0.2) is 0 Å². The number of furan rings is 1. The molecule has 0 radical (unpaired) electrons. The Morgan fingerprint density at radius 1 is 0.906 bits per heavy atom. The van der Waals surface area contributed by atoms with Crippen LogP contribution in [-0.4, -0.2) is 36.6 Å². The van der Waals surface area contributed by atoms with E-state index in [2.05, 4.69) is 54.8 Å². The van der Waals surface area contributed by atoms with Crippen LogP contribution in [0.1, 0.15) is 51.5 Å². The summed E-state index contributed by atoms with van der Waals surface area (Å²) >= 11 is -0.492.